The van der Waals surface area contributed by atoms with Crippen molar-refractivity contribution in [1.82, 2.24) is 10.6 Å². The molecular formula is C20H24N2O5. The molecule has 0 aliphatic heterocycles. The van der Waals surface area contributed by atoms with Crippen LogP contribution in [0.5, 0.6) is 0 Å². The van der Waals surface area contributed by atoms with Crippen LogP contribution >= 0.6 is 0 Å². The number of aryl methyl sites for hydroxylation is 2. The molecule has 0 radical (unpaired) electrons. The summed E-state index contributed by atoms with van der Waals surface area (Å²) < 4.78 is 5.35. The lowest BCUT2D eigenvalue weighted by Gasteiger charge is -2.21. The van der Waals surface area contributed by atoms with Crippen LogP contribution in [0.3, 0.4) is 0 Å². The average Bonchev–Trinajstić information content (AvgIpc) is 2.98. The first-order valence-corrected chi connectivity index (χ1v) is 8.67. The van der Waals surface area contributed by atoms with Crippen molar-refractivity contribution in [1.29, 1.82) is 0 Å². The highest BCUT2D eigenvalue weighted by Gasteiger charge is 2.25. The van der Waals surface area contributed by atoms with Gasteiger partial charge in [-0.1, -0.05) is 31.5 Å². The summed E-state index contributed by atoms with van der Waals surface area (Å²) in [4.78, 5) is 36.0. The molecule has 1 aromatic carbocycles. The molecule has 0 spiro atoms. The molecule has 0 bridgehead atoms. The van der Waals surface area contributed by atoms with E-state index in [0.717, 1.165) is 5.56 Å². The minimum Gasteiger partial charge on any atom is -0.478 e. The van der Waals surface area contributed by atoms with E-state index in [-0.39, 0.29) is 35.6 Å². The summed E-state index contributed by atoms with van der Waals surface area (Å²) >= 11 is 0. The number of hydrogen-bond acceptors (Lipinski definition) is 4. The minimum absolute atomic E-state index is 0.0383. The standard InChI is InChI=1S/C20H24N2O5/c1-11(2)17(22-18(23)14-7-5-12(3)6-8-14)19(24)21-10-15-9-16(20(25)26)13(4)27-15/h5-9,11,17H,10H2,1-4H3,(H,21,24)(H,22,23)(H,25,26). The molecule has 1 aromatic heterocycles. The zero-order valence-electron chi connectivity index (χ0n) is 15.8. The van der Waals surface area contributed by atoms with E-state index in [2.05, 4.69) is 10.6 Å². The molecule has 0 saturated carbocycles. The second-order valence-electron chi connectivity index (χ2n) is 6.77. The summed E-state index contributed by atoms with van der Waals surface area (Å²) in [6.45, 7) is 7.18. The molecule has 2 amide bonds. The number of aromatic carboxylic acids is 1. The maximum absolute atomic E-state index is 12.5. The van der Waals surface area contributed by atoms with Gasteiger partial charge in [0.05, 0.1) is 6.54 Å². The Morgan fingerprint density at radius 3 is 2.26 bits per heavy atom. The Balaban J connectivity index is 2.02. The third kappa shape index (κ3) is 5.20. The van der Waals surface area contributed by atoms with Gasteiger partial charge in [0.2, 0.25) is 5.91 Å². The fraction of sp³-hybridized carbons (Fsp3) is 0.350. The Bertz CT molecular complexity index is 837. The Labute approximate surface area is 157 Å². The Morgan fingerprint density at radius 1 is 1.11 bits per heavy atom. The summed E-state index contributed by atoms with van der Waals surface area (Å²) in [6, 6.07) is 7.73. The topological polar surface area (TPSA) is 109 Å². The van der Waals surface area contributed by atoms with Crippen molar-refractivity contribution in [2.45, 2.75) is 40.3 Å². The molecule has 0 aliphatic carbocycles. The molecule has 2 aromatic rings. The number of rotatable bonds is 7. The quantitative estimate of drug-likeness (QED) is 0.692. The van der Waals surface area contributed by atoms with Gasteiger partial charge < -0.3 is 20.2 Å². The maximum atomic E-state index is 12.5. The number of carbonyl (C=O) groups is 3. The van der Waals surface area contributed by atoms with Crippen molar-refractivity contribution in [2.24, 2.45) is 5.92 Å². The van der Waals surface area contributed by atoms with E-state index in [1.807, 2.05) is 32.9 Å². The third-order valence-corrected chi connectivity index (χ3v) is 4.19. The van der Waals surface area contributed by atoms with Crippen molar-refractivity contribution in [3.05, 3.63) is 58.5 Å². The first-order chi connectivity index (χ1) is 12.7. The second-order valence-corrected chi connectivity index (χ2v) is 6.77. The van der Waals surface area contributed by atoms with Crippen LogP contribution in [0.15, 0.2) is 34.7 Å². The van der Waals surface area contributed by atoms with E-state index in [0.29, 0.717) is 11.3 Å². The number of benzene rings is 1. The van der Waals surface area contributed by atoms with Crippen LogP contribution in [-0.2, 0) is 11.3 Å². The number of nitrogens with one attached hydrogen (secondary N) is 2. The highest BCUT2D eigenvalue weighted by atomic mass is 16.4. The van der Waals surface area contributed by atoms with Gasteiger partial charge in [-0.25, -0.2) is 4.79 Å². The predicted octanol–water partition coefficient (Wildman–Crippen LogP) is 2.67. The summed E-state index contributed by atoms with van der Waals surface area (Å²) in [5, 5.41) is 14.5. The number of furan rings is 1. The normalized spacial score (nSPS) is 11.9. The lowest BCUT2D eigenvalue weighted by atomic mass is 10.0. The van der Waals surface area contributed by atoms with Gasteiger partial charge in [0.15, 0.2) is 0 Å². The predicted molar refractivity (Wildman–Crippen MR) is 99.5 cm³/mol. The van der Waals surface area contributed by atoms with Crippen LogP contribution in [0.2, 0.25) is 0 Å². The van der Waals surface area contributed by atoms with E-state index in [1.54, 1.807) is 19.1 Å². The van der Waals surface area contributed by atoms with Crippen LogP contribution in [0.25, 0.3) is 0 Å². The molecular weight excluding hydrogens is 348 g/mol. The Hall–Kier alpha value is -3.09. The number of carboxylic acids is 1. The summed E-state index contributed by atoms with van der Waals surface area (Å²) in [6.07, 6.45) is 0. The minimum atomic E-state index is -1.08. The van der Waals surface area contributed by atoms with E-state index >= 15 is 0 Å². The number of amides is 2. The number of hydrogen-bond donors (Lipinski definition) is 3. The smallest absolute Gasteiger partial charge is 0.339 e. The average molecular weight is 372 g/mol. The van der Waals surface area contributed by atoms with Gasteiger partial charge in [0.25, 0.3) is 5.91 Å². The molecule has 0 aliphatic rings. The molecule has 7 nitrogen and oxygen atoms in total. The molecule has 2 rings (SSSR count). The summed E-state index contributed by atoms with van der Waals surface area (Å²) in [7, 11) is 0. The molecule has 1 heterocycles. The van der Waals surface area contributed by atoms with Gasteiger partial charge in [-0.2, -0.15) is 0 Å². The molecule has 0 saturated heterocycles. The Morgan fingerprint density at radius 2 is 1.74 bits per heavy atom. The van der Waals surface area contributed by atoms with Crippen LogP contribution in [0.4, 0.5) is 0 Å². The monoisotopic (exact) mass is 372 g/mol. The molecule has 3 N–H and O–H groups in total. The van der Waals surface area contributed by atoms with Crippen LogP contribution < -0.4 is 10.6 Å². The second kappa shape index (κ2) is 8.53. The van der Waals surface area contributed by atoms with Gasteiger partial charge in [-0.15, -0.1) is 0 Å². The van der Waals surface area contributed by atoms with Gasteiger partial charge in [0, 0.05) is 5.56 Å². The molecule has 144 valence electrons. The fourth-order valence-electron chi connectivity index (χ4n) is 2.59. The van der Waals surface area contributed by atoms with Gasteiger partial charge in [-0.05, 0) is 38.0 Å². The van der Waals surface area contributed by atoms with Gasteiger partial charge >= 0.3 is 5.97 Å². The lowest BCUT2D eigenvalue weighted by Crippen LogP contribution is -2.49. The molecule has 0 fully saturated rings. The third-order valence-electron chi connectivity index (χ3n) is 4.19. The highest BCUT2D eigenvalue weighted by molar-refractivity contribution is 5.97. The maximum Gasteiger partial charge on any atom is 0.339 e. The van der Waals surface area contributed by atoms with Gasteiger partial charge in [0.1, 0.15) is 23.1 Å². The van der Waals surface area contributed by atoms with E-state index in [1.165, 1.54) is 6.07 Å². The molecule has 7 heteroatoms. The van der Waals surface area contributed by atoms with E-state index in [9.17, 15) is 14.4 Å². The molecule has 1 atom stereocenters. The van der Waals surface area contributed by atoms with Gasteiger partial charge in [-0.3, -0.25) is 9.59 Å². The first-order valence-electron chi connectivity index (χ1n) is 8.67. The lowest BCUT2D eigenvalue weighted by molar-refractivity contribution is -0.124. The van der Waals surface area contributed by atoms with Crippen LogP contribution in [0, 0.1) is 19.8 Å². The molecule has 1 unspecified atom stereocenters. The number of carbonyl (C=O) groups excluding carboxylic acids is 2. The van der Waals surface area contributed by atoms with Crippen LogP contribution in [-0.4, -0.2) is 28.9 Å². The van der Waals surface area contributed by atoms with E-state index in [4.69, 9.17) is 9.52 Å². The first kappa shape index (κ1) is 20.2. The zero-order chi connectivity index (χ0) is 20.1. The van der Waals surface area contributed by atoms with Crippen molar-refractivity contribution in [3.63, 3.8) is 0 Å². The summed E-state index contributed by atoms with van der Waals surface area (Å²) in [5.41, 5.74) is 1.58. The SMILES string of the molecule is Cc1ccc(C(=O)NC(C(=O)NCc2cc(C(=O)O)c(C)o2)C(C)C)cc1. The highest BCUT2D eigenvalue weighted by Crippen LogP contribution is 2.15. The van der Waals surface area contributed by atoms with E-state index < -0.39 is 12.0 Å². The van der Waals surface area contributed by atoms with Crippen molar-refractivity contribution in [3.8, 4) is 0 Å². The summed E-state index contributed by atoms with van der Waals surface area (Å²) in [5.74, 6) is -1.29. The van der Waals surface area contributed by atoms with Crippen molar-refractivity contribution < 1.29 is 23.9 Å². The van der Waals surface area contributed by atoms with Crippen molar-refractivity contribution in [2.75, 3.05) is 0 Å². The number of carboxylic acid groups (broad SMARTS) is 1. The molecule has 27 heavy (non-hydrogen) atoms. The Kier molecular flexibility index (Phi) is 6.39. The largest absolute Gasteiger partial charge is 0.478 e. The van der Waals surface area contributed by atoms with Crippen LogP contribution in [0.1, 0.15) is 51.6 Å². The fourth-order valence-corrected chi connectivity index (χ4v) is 2.59. The zero-order valence-corrected chi connectivity index (χ0v) is 15.8. The van der Waals surface area contributed by atoms with Crippen molar-refractivity contribution >= 4 is 17.8 Å².